The first-order valence-electron chi connectivity index (χ1n) is 42.2. The molecule has 15 N–H and O–H groups in total. The number of carbonyl (C=O) groups excluding carboxylic acids is 10. The molecule has 0 fully saturated rings. The second kappa shape index (κ2) is 73.3. The SMILES string of the molecule is CCCCNC(=O)C(CC(=O)CC(CC(=O)C(CC(=O)CC(CC)C(=O)NCCNCCNCCC(=O)OCCN(CCCC)CCN(CCCC)CCCC)CC(=O)NCCNCCNCCC(=O)OCCN(CCCC)CCN(CCCC)CCCC)C(=O)NCCNCCN)CC(=O)NCCNCCN. The van der Waals surface area contributed by atoms with Crippen molar-refractivity contribution in [2.75, 3.05) is 216 Å². The summed E-state index contributed by atoms with van der Waals surface area (Å²) in [5.74, 6) is -8.81. The van der Waals surface area contributed by atoms with Gasteiger partial charge in [-0.15, -0.1) is 0 Å². The molecule has 0 aromatic carbocycles. The molecule has 0 spiro atoms. The number of esters is 2. The molecule has 4 unspecified atom stereocenters. The van der Waals surface area contributed by atoms with Crippen LogP contribution in [-0.2, 0) is 57.4 Å². The molecule has 0 aliphatic heterocycles. The van der Waals surface area contributed by atoms with Crippen LogP contribution in [0.2, 0.25) is 0 Å². The number of amides is 5. The molecule has 5 amide bonds. The van der Waals surface area contributed by atoms with Crippen molar-refractivity contribution >= 4 is 58.8 Å². The van der Waals surface area contributed by atoms with Crippen LogP contribution in [0.1, 0.15) is 209 Å². The lowest BCUT2D eigenvalue weighted by Crippen LogP contribution is -2.41. The van der Waals surface area contributed by atoms with Crippen molar-refractivity contribution in [3.63, 3.8) is 0 Å². The molecule has 0 heterocycles. The molecular weight excluding hydrogens is 1380 g/mol. The van der Waals surface area contributed by atoms with E-state index in [9.17, 15) is 47.9 Å². The Hall–Kier alpha value is -5.18. The Labute approximate surface area is 652 Å². The maximum Gasteiger partial charge on any atom is 0.307 e. The van der Waals surface area contributed by atoms with Gasteiger partial charge in [-0.2, -0.15) is 0 Å². The van der Waals surface area contributed by atoms with Crippen LogP contribution in [0, 0.1) is 23.7 Å². The Morgan fingerprint density at radius 1 is 0.287 bits per heavy atom. The highest BCUT2D eigenvalue weighted by Gasteiger charge is 2.34. The summed E-state index contributed by atoms with van der Waals surface area (Å²) in [7, 11) is 0. The number of ether oxygens (including phenoxy) is 2. The van der Waals surface area contributed by atoms with Gasteiger partial charge in [0.2, 0.25) is 29.5 Å². The van der Waals surface area contributed by atoms with Crippen LogP contribution in [0.3, 0.4) is 0 Å². The Morgan fingerprint density at radius 3 is 0.935 bits per heavy atom. The van der Waals surface area contributed by atoms with Crippen LogP contribution in [0.5, 0.6) is 0 Å². The fourth-order valence-corrected chi connectivity index (χ4v) is 12.1. The molecule has 108 heavy (non-hydrogen) atoms. The van der Waals surface area contributed by atoms with Crippen molar-refractivity contribution < 1.29 is 57.4 Å². The average Bonchev–Trinajstić information content (AvgIpc) is 0.867. The molecule has 29 nitrogen and oxygen atoms in total. The number of unbranched alkanes of at least 4 members (excludes halogenated alkanes) is 7. The highest BCUT2D eigenvalue weighted by molar-refractivity contribution is 5.97. The molecule has 0 bridgehead atoms. The summed E-state index contributed by atoms with van der Waals surface area (Å²) in [6.45, 7) is 37.2. The van der Waals surface area contributed by atoms with Crippen molar-refractivity contribution in [2.24, 2.45) is 35.1 Å². The first kappa shape index (κ1) is 103. The third-order valence-corrected chi connectivity index (χ3v) is 18.9. The predicted molar refractivity (Wildman–Crippen MR) is 433 cm³/mol. The zero-order valence-corrected chi connectivity index (χ0v) is 69.0. The summed E-state index contributed by atoms with van der Waals surface area (Å²) in [6.07, 6.45) is 13.4. The first-order chi connectivity index (χ1) is 52.4. The highest BCUT2D eigenvalue weighted by atomic mass is 16.5. The van der Waals surface area contributed by atoms with Crippen molar-refractivity contribution in [2.45, 2.75) is 209 Å². The average molecular weight is 1540 g/mol. The standard InChI is InChI=1S/C79H157N17O12/c1-9-17-28-90-79(106)69(65-74(101)89-41-37-84-31-26-80)62-71(98)61-68(78(105)92-43-39-85-32-27-81)63-72(99)67(64-73(100)88-42-38-86-35-33-82-29-24-75(102)107-57-55-95(49-22-14-6)53-51-93(45-18-10-2)46-19-11-3)60-70(97)59-66(16-8)77(104)91-44-40-87-36-34-83-30-25-76(103)108-58-56-96(50-23-15-7)54-52-94(47-20-12-4)48-21-13-5/h66-69,82-87H,9-65,80-81H2,1-8H3,(H,88,100)(H,89,101)(H,90,106)(H,91,104)(H,92,105). The second-order valence-corrected chi connectivity index (χ2v) is 28.6. The Balaban J connectivity index is 6.00. The summed E-state index contributed by atoms with van der Waals surface area (Å²) in [5.41, 5.74) is 11.2. The second-order valence-electron chi connectivity index (χ2n) is 28.6. The van der Waals surface area contributed by atoms with Crippen LogP contribution in [0.25, 0.3) is 0 Å². The summed E-state index contributed by atoms with van der Waals surface area (Å²) >= 11 is 0. The van der Waals surface area contributed by atoms with Crippen LogP contribution in [0.15, 0.2) is 0 Å². The summed E-state index contributed by atoms with van der Waals surface area (Å²) in [4.78, 5) is 146. The predicted octanol–water partition coefficient (Wildman–Crippen LogP) is 3.01. The number of nitrogens with one attached hydrogen (secondary N) is 11. The molecule has 0 saturated heterocycles. The van der Waals surface area contributed by atoms with Crippen molar-refractivity contribution in [3.05, 3.63) is 0 Å². The summed E-state index contributed by atoms with van der Waals surface area (Å²) in [6, 6.07) is 0. The van der Waals surface area contributed by atoms with E-state index in [0.717, 1.165) is 97.6 Å². The minimum absolute atomic E-state index is 0.129. The number of nitrogens with zero attached hydrogens (tertiary/aromatic N) is 4. The van der Waals surface area contributed by atoms with Crippen LogP contribution in [-0.4, -0.2) is 295 Å². The van der Waals surface area contributed by atoms with Crippen molar-refractivity contribution in [3.8, 4) is 0 Å². The van der Waals surface area contributed by atoms with E-state index in [0.29, 0.717) is 137 Å². The van der Waals surface area contributed by atoms with E-state index < -0.39 is 96.8 Å². The lowest BCUT2D eigenvalue weighted by atomic mass is 9.83. The zero-order chi connectivity index (χ0) is 79.9. The molecule has 0 aromatic heterocycles. The summed E-state index contributed by atoms with van der Waals surface area (Å²) < 4.78 is 11.3. The smallest absolute Gasteiger partial charge is 0.307 e. The first-order valence-corrected chi connectivity index (χ1v) is 42.2. The Morgan fingerprint density at radius 2 is 0.574 bits per heavy atom. The van der Waals surface area contributed by atoms with E-state index in [2.05, 4.69) is 120 Å². The topological polar surface area (TPSA) is 386 Å². The third kappa shape index (κ3) is 59.6. The van der Waals surface area contributed by atoms with Crippen molar-refractivity contribution in [1.82, 2.24) is 78.1 Å². The number of hydrogen-bond donors (Lipinski definition) is 13. The minimum atomic E-state index is -1.26. The van der Waals surface area contributed by atoms with E-state index in [1.165, 1.54) is 51.4 Å². The molecule has 0 aliphatic rings. The molecule has 630 valence electrons. The van der Waals surface area contributed by atoms with Gasteiger partial charge >= 0.3 is 11.9 Å². The Bertz CT molecular complexity index is 2300. The molecule has 0 saturated carbocycles. The van der Waals surface area contributed by atoms with E-state index in [-0.39, 0.29) is 69.7 Å². The molecule has 4 atom stereocenters. The van der Waals surface area contributed by atoms with Crippen LogP contribution in [0.4, 0.5) is 0 Å². The monoisotopic (exact) mass is 1540 g/mol. The minimum Gasteiger partial charge on any atom is -0.464 e. The molecule has 0 rings (SSSR count). The lowest BCUT2D eigenvalue weighted by Gasteiger charge is -2.27. The number of carbonyl (C=O) groups is 10. The normalized spacial score (nSPS) is 12.6. The number of rotatable bonds is 80. The molecule has 0 aromatic rings. The molecule has 0 aliphatic carbocycles. The van der Waals surface area contributed by atoms with E-state index in [1.807, 2.05) is 6.92 Å². The number of Topliss-reactive ketones (excluding diaryl/α,β-unsaturated/α-hetero) is 3. The number of ketones is 3. The molecular formula is C79H157N17O12. The number of nitrogens with two attached hydrogens (primary N) is 2. The zero-order valence-electron chi connectivity index (χ0n) is 69.0. The van der Waals surface area contributed by atoms with E-state index >= 15 is 0 Å². The molecule has 0 radical (unpaired) electrons. The highest BCUT2D eigenvalue weighted by Crippen LogP contribution is 2.24. The van der Waals surface area contributed by atoms with Gasteiger partial charge in [-0.1, -0.05) is 100 Å². The molecule has 29 heteroatoms. The van der Waals surface area contributed by atoms with Gasteiger partial charge in [-0.05, 0) is 90.6 Å². The van der Waals surface area contributed by atoms with Crippen LogP contribution < -0.4 is 70.0 Å². The summed E-state index contributed by atoms with van der Waals surface area (Å²) in [5, 5.41) is 33.4. The Kier molecular flexibility index (Phi) is 69.8. The lowest BCUT2D eigenvalue weighted by molar-refractivity contribution is -0.144. The van der Waals surface area contributed by atoms with Gasteiger partial charge in [0.15, 0.2) is 0 Å². The quantitative estimate of drug-likeness (QED) is 0.0307. The fourth-order valence-electron chi connectivity index (χ4n) is 12.1. The van der Waals surface area contributed by atoms with Gasteiger partial charge in [-0.3, -0.25) is 57.7 Å². The fraction of sp³-hybridized carbons (Fsp3) is 0.873. The number of hydrogen-bond acceptors (Lipinski definition) is 24. The van der Waals surface area contributed by atoms with Gasteiger partial charge in [0.25, 0.3) is 0 Å². The van der Waals surface area contributed by atoms with Gasteiger partial charge in [0.05, 0.1) is 24.7 Å². The van der Waals surface area contributed by atoms with Gasteiger partial charge in [0, 0.05) is 220 Å². The van der Waals surface area contributed by atoms with E-state index in [4.69, 9.17) is 20.9 Å². The van der Waals surface area contributed by atoms with Gasteiger partial charge in [0.1, 0.15) is 30.6 Å². The maximum absolute atomic E-state index is 14.7. The largest absolute Gasteiger partial charge is 0.464 e. The van der Waals surface area contributed by atoms with Crippen molar-refractivity contribution in [1.29, 1.82) is 0 Å². The van der Waals surface area contributed by atoms with Crippen LogP contribution >= 0.6 is 0 Å². The maximum atomic E-state index is 14.7. The van der Waals surface area contributed by atoms with Gasteiger partial charge in [-0.25, -0.2) is 0 Å². The third-order valence-electron chi connectivity index (χ3n) is 18.9. The van der Waals surface area contributed by atoms with Gasteiger partial charge < -0.3 is 89.2 Å². The van der Waals surface area contributed by atoms with E-state index in [1.54, 1.807) is 6.92 Å².